The van der Waals surface area contributed by atoms with Gasteiger partial charge in [0.1, 0.15) is 5.75 Å². The van der Waals surface area contributed by atoms with Gasteiger partial charge in [-0.15, -0.1) is 13.2 Å². The maximum atomic E-state index is 12.2. The van der Waals surface area contributed by atoms with Crippen molar-refractivity contribution in [3.05, 3.63) is 54.6 Å². The SMILES string of the molecule is C=CCCCCOC(=O)c1cc(OC)cc(C(=O)OCCCCC=C)c1. The minimum Gasteiger partial charge on any atom is -0.497 e. The molecule has 1 aromatic rings. The quantitative estimate of drug-likeness (QED) is 0.289. The van der Waals surface area contributed by atoms with E-state index in [4.69, 9.17) is 14.2 Å². The molecule has 5 nitrogen and oxygen atoms in total. The number of methoxy groups -OCH3 is 1. The number of allylic oxidation sites excluding steroid dienone is 2. The molecule has 26 heavy (non-hydrogen) atoms. The van der Waals surface area contributed by atoms with E-state index in [0.717, 1.165) is 38.5 Å². The molecule has 5 heteroatoms. The minimum absolute atomic E-state index is 0.270. The third-order valence-corrected chi connectivity index (χ3v) is 3.69. The summed E-state index contributed by atoms with van der Waals surface area (Å²) >= 11 is 0. The second-order valence-electron chi connectivity index (χ2n) is 5.79. The highest BCUT2D eigenvalue weighted by atomic mass is 16.5. The summed E-state index contributed by atoms with van der Waals surface area (Å²) in [5.41, 5.74) is 0.540. The molecule has 0 aromatic heterocycles. The Labute approximate surface area is 155 Å². The first-order valence-corrected chi connectivity index (χ1v) is 8.87. The molecule has 0 atom stereocenters. The van der Waals surface area contributed by atoms with Crippen molar-refractivity contribution >= 4 is 11.9 Å². The predicted octanol–water partition coefficient (Wildman–Crippen LogP) is 4.72. The minimum atomic E-state index is -0.484. The van der Waals surface area contributed by atoms with E-state index >= 15 is 0 Å². The van der Waals surface area contributed by atoms with Gasteiger partial charge in [-0.25, -0.2) is 9.59 Å². The molecule has 0 saturated heterocycles. The van der Waals surface area contributed by atoms with Gasteiger partial charge in [-0.3, -0.25) is 0 Å². The molecule has 0 aliphatic heterocycles. The maximum absolute atomic E-state index is 12.2. The Morgan fingerprint density at radius 2 is 1.31 bits per heavy atom. The predicted molar refractivity (Wildman–Crippen MR) is 102 cm³/mol. The summed E-state index contributed by atoms with van der Waals surface area (Å²) in [5, 5.41) is 0. The first-order chi connectivity index (χ1) is 12.6. The van der Waals surface area contributed by atoms with Crippen LogP contribution in [0.3, 0.4) is 0 Å². The number of ether oxygens (including phenoxy) is 3. The van der Waals surface area contributed by atoms with E-state index < -0.39 is 11.9 Å². The van der Waals surface area contributed by atoms with Crippen LogP contribution in [0.4, 0.5) is 0 Å². The van der Waals surface area contributed by atoms with Gasteiger partial charge in [0.05, 0.1) is 31.5 Å². The summed E-state index contributed by atoms with van der Waals surface area (Å²) < 4.78 is 15.7. The van der Waals surface area contributed by atoms with Crippen molar-refractivity contribution in [1.82, 2.24) is 0 Å². The van der Waals surface area contributed by atoms with Crippen LogP contribution >= 0.6 is 0 Å². The first kappa shape index (κ1) is 21.5. The number of hydrogen-bond acceptors (Lipinski definition) is 5. The summed E-state index contributed by atoms with van der Waals surface area (Å²) in [6, 6.07) is 4.57. The fourth-order valence-electron chi connectivity index (χ4n) is 2.23. The molecular formula is C21H28O5. The van der Waals surface area contributed by atoms with Gasteiger partial charge in [-0.2, -0.15) is 0 Å². The molecule has 142 valence electrons. The van der Waals surface area contributed by atoms with Crippen LogP contribution in [0.1, 0.15) is 59.2 Å². The second kappa shape index (κ2) is 12.8. The van der Waals surface area contributed by atoms with Crippen LogP contribution in [0.5, 0.6) is 5.75 Å². The van der Waals surface area contributed by atoms with E-state index in [1.54, 1.807) is 12.1 Å². The molecule has 0 unspecified atom stereocenters. The van der Waals surface area contributed by atoms with E-state index in [1.807, 2.05) is 12.2 Å². The molecule has 1 aromatic carbocycles. The molecule has 0 N–H and O–H groups in total. The molecule has 0 fully saturated rings. The van der Waals surface area contributed by atoms with Gasteiger partial charge in [-0.05, 0) is 56.7 Å². The Morgan fingerprint density at radius 1 is 0.846 bits per heavy atom. The Morgan fingerprint density at radius 3 is 1.69 bits per heavy atom. The van der Waals surface area contributed by atoms with E-state index in [1.165, 1.54) is 13.2 Å². The third kappa shape index (κ3) is 8.01. The topological polar surface area (TPSA) is 61.8 Å². The average molecular weight is 360 g/mol. The Bertz CT molecular complexity index is 558. The van der Waals surface area contributed by atoms with Crippen molar-refractivity contribution < 1.29 is 23.8 Å². The first-order valence-electron chi connectivity index (χ1n) is 8.87. The number of carbonyl (C=O) groups is 2. The molecule has 1 rings (SSSR count). The maximum Gasteiger partial charge on any atom is 0.338 e. The van der Waals surface area contributed by atoms with Gasteiger partial charge in [0.15, 0.2) is 0 Å². The van der Waals surface area contributed by atoms with E-state index in [2.05, 4.69) is 13.2 Å². The largest absolute Gasteiger partial charge is 0.497 e. The van der Waals surface area contributed by atoms with Gasteiger partial charge < -0.3 is 14.2 Å². The number of benzene rings is 1. The number of hydrogen-bond donors (Lipinski definition) is 0. The van der Waals surface area contributed by atoms with Gasteiger partial charge in [0, 0.05) is 0 Å². The molecule has 0 amide bonds. The van der Waals surface area contributed by atoms with Gasteiger partial charge in [0.25, 0.3) is 0 Å². The van der Waals surface area contributed by atoms with Crippen LogP contribution in [0, 0.1) is 0 Å². The van der Waals surface area contributed by atoms with Gasteiger partial charge >= 0.3 is 11.9 Å². The van der Waals surface area contributed by atoms with Crippen LogP contribution in [-0.4, -0.2) is 32.3 Å². The van der Waals surface area contributed by atoms with Crippen LogP contribution < -0.4 is 4.74 Å². The highest BCUT2D eigenvalue weighted by molar-refractivity contribution is 5.96. The molecule has 0 spiro atoms. The van der Waals surface area contributed by atoms with Crippen molar-refractivity contribution in [1.29, 1.82) is 0 Å². The summed E-state index contributed by atoms with van der Waals surface area (Å²) in [7, 11) is 1.48. The molecular weight excluding hydrogens is 332 g/mol. The highest BCUT2D eigenvalue weighted by Gasteiger charge is 2.15. The number of rotatable bonds is 13. The van der Waals surface area contributed by atoms with Crippen molar-refractivity contribution in [3.63, 3.8) is 0 Å². The summed E-state index contributed by atoms with van der Waals surface area (Å²) in [6.45, 7) is 7.96. The zero-order valence-electron chi connectivity index (χ0n) is 15.5. The fourth-order valence-corrected chi connectivity index (χ4v) is 2.23. The lowest BCUT2D eigenvalue weighted by Crippen LogP contribution is -2.11. The lowest BCUT2D eigenvalue weighted by molar-refractivity contribution is 0.0496. The smallest absolute Gasteiger partial charge is 0.338 e. The monoisotopic (exact) mass is 360 g/mol. The summed E-state index contributed by atoms with van der Waals surface area (Å²) in [6.07, 6.45) is 8.80. The number of unbranched alkanes of at least 4 members (excludes halogenated alkanes) is 4. The van der Waals surface area contributed by atoms with Crippen molar-refractivity contribution in [2.24, 2.45) is 0 Å². The lowest BCUT2D eigenvalue weighted by Gasteiger charge is -2.10. The second-order valence-corrected chi connectivity index (χ2v) is 5.79. The lowest BCUT2D eigenvalue weighted by atomic mass is 10.1. The van der Waals surface area contributed by atoms with E-state index in [-0.39, 0.29) is 11.1 Å². The molecule has 0 heterocycles. The van der Waals surface area contributed by atoms with Crippen LogP contribution in [-0.2, 0) is 9.47 Å². The molecule has 0 aliphatic rings. The molecule has 0 radical (unpaired) electrons. The third-order valence-electron chi connectivity index (χ3n) is 3.69. The Balaban J connectivity index is 2.65. The zero-order valence-corrected chi connectivity index (χ0v) is 15.5. The van der Waals surface area contributed by atoms with E-state index in [9.17, 15) is 9.59 Å². The Kier molecular flexibility index (Phi) is 10.5. The number of carbonyl (C=O) groups excluding carboxylic acids is 2. The van der Waals surface area contributed by atoms with Crippen LogP contribution in [0.2, 0.25) is 0 Å². The molecule has 0 saturated carbocycles. The van der Waals surface area contributed by atoms with Crippen LogP contribution in [0.15, 0.2) is 43.5 Å². The average Bonchev–Trinajstić information content (AvgIpc) is 2.66. The van der Waals surface area contributed by atoms with Crippen LogP contribution in [0.25, 0.3) is 0 Å². The Hall–Kier alpha value is -2.56. The van der Waals surface area contributed by atoms with Crippen molar-refractivity contribution in [3.8, 4) is 5.75 Å². The fraction of sp³-hybridized carbons (Fsp3) is 0.429. The standard InChI is InChI=1S/C21H28O5/c1-4-6-8-10-12-25-20(22)17-14-18(16-19(15-17)24-3)21(23)26-13-11-9-7-5-2/h4-5,14-16H,1-2,6-13H2,3H3. The van der Waals surface area contributed by atoms with Crippen molar-refractivity contribution in [2.45, 2.75) is 38.5 Å². The summed E-state index contributed by atoms with van der Waals surface area (Å²) in [5.74, 6) is -0.560. The molecule has 0 aliphatic carbocycles. The van der Waals surface area contributed by atoms with E-state index in [0.29, 0.717) is 19.0 Å². The molecule has 0 bridgehead atoms. The van der Waals surface area contributed by atoms with Gasteiger partial charge in [0.2, 0.25) is 0 Å². The van der Waals surface area contributed by atoms with Crippen molar-refractivity contribution in [2.75, 3.05) is 20.3 Å². The number of esters is 2. The highest BCUT2D eigenvalue weighted by Crippen LogP contribution is 2.19. The normalized spacial score (nSPS) is 10.0. The van der Waals surface area contributed by atoms with Gasteiger partial charge in [-0.1, -0.05) is 12.2 Å². The zero-order chi connectivity index (χ0) is 19.2. The summed E-state index contributed by atoms with van der Waals surface area (Å²) in [4.78, 5) is 24.4.